The average molecular weight is 500 g/mol. The highest BCUT2D eigenvalue weighted by atomic mass is 16.5. The number of hydrogen-bond donors (Lipinski definition) is 1. The lowest BCUT2D eigenvalue weighted by molar-refractivity contribution is -0.127. The van der Waals surface area contributed by atoms with Crippen LogP contribution >= 0.6 is 0 Å². The molecule has 1 aromatic heterocycles. The lowest BCUT2D eigenvalue weighted by Crippen LogP contribution is -2.47. The fraction of sp³-hybridized carbons (Fsp3) is 0.414. The summed E-state index contributed by atoms with van der Waals surface area (Å²) in [6.45, 7) is 6.51. The van der Waals surface area contributed by atoms with E-state index in [1.54, 1.807) is 4.90 Å². The Morgan fingerprint density at radius 1 is 1.14 bits per heavy atom. The van der Waals surface area contributed by atoms with Crippen LogP contribution in [0.25, 0.3) is 0 Å². The van der Waals surface area contributed by atoms with Crippen molar-refractivity contribution in [1.82, 2.24) is 19.8 Å². The first-order valence-electron chi connectivity index (χ1n) is 13.0. The number of para-hydroxylation sites is 1. The molecule has 1 spiro atoms. The number of nitrogens with zero attached hydrogens (tertiary/aromatic N) is 4. The molecule has 1 saturated heterocycles. The van der Waals surface area contributed by atoms with Gasteiger partial charge in [-0.05, 0) is 56.0 Å². The van der Waals surface area contributed by atoms with Gasteiger partial charge in [-0.15, -0.1) is 0 Å². The monoisotopic (exact) mass is 499 g/mol. The van der Waals surface area contributed by atoms with Gasteiger partial charge in [0.2, 0.25) is 11.8 Å². The van der Waals surface area contributed by atoms with Gasteiger partial charge in [0.05, 0.1) is 30.3 Å². The molecule has 37 heavy (non-hydrogen) atoms. The SMILES string of the molecule is Cc1nc(CN2CC[C@]34C(=O)N(CC(=O)NCCCOc5cccc(c5)[C@H]23)c2ccccc24)n(C)c1C. The third kappa shape index (κ3) is 3.73. The van der Waals surface area contributed by atoms with Crippen LogP contribution in [0.15, 0.2) is 48.5 Å². The normalized spacial score (nSPS) is 23.8. The number of carbonyl (C=O) groups is 2. The highest BCUT2D eigenvalue weighted by Crippen LogP contribution is 2.57. The minimum absolute atomic E-state index is 0.00747. The Morgan fingerprint density at radius 2 is 1.97 bits per heavy atom. The highest BCUT2D eigenvalue weighted by Gasteiger charge is 2.60. The van der Waals surface area contributed by atoms with Gasteiger partial charge in [0, 0.05) is 31.5 Å². The minimum Gasteiger partial charge on any atom is -0.494 e. The topological polar surface area (TPSA) is 79.7 Å². The molecular formula is C29H33N5O3. The first kappa shape index (κ1) is 23.7. The standard InChI is InChI=1S/C29H33N5O3/c1-19-20(2)32(3)25(31-19)17-33-14-12-29-23-10-4-5-11-24(23)34(28(29)36)18-26(35)30-13-7-15-37-22-9-6-8-21(16-22)27(29)33/h4-6,8-11,16,27H,7,12-15,17-18H2,1-3H3,(H,30,35)/t27-,29+/m0/s1. The molecule has 2 atom stereocenters. The number of aromatic nitrogens is 2. The van der Waals surface area contributed by atoms with E-state index in [0.29, 0.717) is 32.5 Å². The number of anilines is 1. The molecule has 4 heterocycles. The molecule has 192 valence electrons. The quantitative estimate of drug-likeness (QED) is 0.586. The van der Waals surface area contributed by atoms with Crippen LogP contribution in [0.2, 0.25) is 0 Å². The fourth-order valence-corrected chi connectivity index (χ4v) is 6.35. The fourth-order valence-electron chi connectivity index (χ4n) is 6.35. The predicted molar refractivity (Wildman–Crippen MR) is 140 cm³/mol. The maximum absolute atomic E-state index is 14.5. The van der Waals surface area contributed by atoms with Crippen LogP contribution in [0.5, 0.6) is 5.75 Å². The summed E-state index contributed by atoms with van der Waals surface area (Å²) in [5.41, 5.74) is 4.24. The van der Waals surface area contributed by atoms with E-state index in [9.17, 15) is 9.59 Å². The lowest BCUT2D eigenvalue weighted by Gasteiger charge is -2.35. The van der Waals surface area contributed by atoms with Gasteiger partial charge in [-0.1, -0.05) is 30.3 Å². The van der Waals surface area contributed by atoms with Gasteiger partial charge in [0.25, 0.3) is 0 Å². The number of imidazole rings is 1. The largest absolute Gasteiger partial charge is 0.494 e. The van der Waals surface area contributed by atoms with Crippen LogP contribution in [0.4, 0.5) is 5.69 Å². The Balaban J connectivity index is 1.52. The Bertz CT molecular complexity index is 1380. The summed E-state index contributed by atoms with van der Waals surface area (Å²) in [4.78, 5) is 36.3. The molecule has 0 saturated carbocycles. The van der Waals surface area contributed by atoms with E-state index in [1.807, 2.05) is 37.3 Å². The molecule has 0 radical (unpaired) electrons. The number of likely N-dealkylation sites (tertiary alicyclic amines) is 1. The van der Waals surface area contributed by atoms with Gasteiger partial charge < -0.3 is 19.5 Å². The van der Waals surface area contributed by atoms with E-state index in [4.69, 9.17) is 9.72 Å². The Morgan fingerprint density at radius 3 is 2.78 bits per heavy atom. The summed E-state index contributed by atoms with van der Waals surface area (Å²) < 4.78 is 8.20. The van der Waals surface area contributed by atoms with Gasteiger partial charge >= 0.3 is 0 Å². The minimum atomic E-state index is -0.797. The molecule has 8 nitrogen and oxygen atoms in total. The van der Waals surface area contributed by atoms with Crippen LogP contribution in [0, 0.1) is 13.8 Å². The number of aryl methyl sites for hydroxylation is 1. The van der Waals surface area contributed by atoms with Crippen molar-refractivity contribution < 1.29 is 14.3 Å². The highest BCUT2D eigenvalue weighted by molar-refractivity contribution is 6.11. The molecule has 0 aliphatic carbocycles. The molecule has 2 amide bonds. The van der Waals surface area contributed by atoms with Crippen molar-refractivity contribution in [3.05, 3.63) is 76.9 Å². The summed E-state index contributed by atoms with van der Waals surface area (Å²) in [5.74, 6) is 1.60. The second kappa shape index (κ2) is 9.03. The van der Waals surface area contributed by atoms with E-state index < -0.39 is 5.41 Å². The van der Waals surface area contributed by atoms with E-state index in [2.05, 4.69) is 47.0 Å². The molecule has 1 fully saturated rings. The van der Waals surface area contributed by atoms with Crippen molar-refractivity contribution in [3.63, 3.8) is 0 Å². The Kier molecular flexibility index (Phi) is 5.79. The summed E-state index contributed by atoms with van der Waals surface area (Å²) in [7, 11) is 2.05. The summed E-state index contributed by atoms with van der Waals surface area (Å²) >= 11 is 0. The van der Waals surface area contributed by atoms with Crippen LogP contribution < -0.4 is 15.0 Å². The molecule has 3 aromatic rings. The number of rotatable bonds is 2. The number of hydrogen-bond acceptors (Lipinski definition) is 5. The average Bonchev–Trinajstić information content (AvgIpc) is 3.47. The molecule has 4 bridgehead atoms. The number of fused-ring (bicyclic) bond motifs is 6. The summed E-state index contributed by atoms with van der Waals surface area (Å²) in [6.07, 6.45) is 1.36. The van der Waals surface area contributed by atoms with Crippen molar-refractivity contribution in [2.75, 3.05) is 31.1 Å². The zero-order valence-electron chi connectivity index (χ0n) is 21.7. The van der Waals surface area contributed by atoms with Crippen molar-refractivity contribution in [2.45, 2.75) is 44.7 Å². The van der Waals surface area contributed by atoms with Crippen molar-refractivity contribution >= 4 is 17.5 Å². The molecule has 3 aliphatic rings. The van der Waals surface area contributed by atoms with E-state index in [1.165, 1.54) is 0 Å². The van der Waals surface area contributed by atoms with Crippen molar-refractivity contribution in [2.24, 2.45) is 7.05 Å². The number of benzene rings is 2. The van der Waals surface area contributed by atoms with Crippen LogP contribution in [0.3, 0.4) is 0 Å². The van der Waals surface area contributed by atoms with E-state index >= 15 is 0 Å². The summed E-state index contributed by atoms with van der Waals surface area (Å²) in [5, 5.41) is 2.96. The maximum Gasteiger partial charge on any atom is 0.240 e. The van der Waals surface area contributed by atoms with Crippen LogP contribution in [-0.2, 0) is 28.6 Å². The smallest absolute Gasteiger partial charge is 0.240 e. The van der Waals surface area contributed by atoms with Gasteiger partial charge in [-0.3, -0.25) is 14.5 Å². The lowest BCUT2D eigenvalue weighted by atomic mass is 9.72. The zero-order valence-corrected chi connectivity index (χ0v) is 21.7. The van der Waals surface area contributed by atoms with Crippen LogP contribution in [-0.4, -0.2) is 52.5 Å². The molecular weight excluding hydrogens is 466 g/mol. The van der Waals surface area contributed by atoms with Crippen molar-refractivity contribution in [1.29, 1.82) is 0 Å². The molecule has 0 unspecified atom stereocenters. The van der Waals surface area contributed by atoms with E-state index in [-0.39, 0.29) is 24.4 Å². The summed E-state index contributed by atoms with van der Waals surface area (Å²) in [6, 6.07) is 15.9. The molecule has 3 aliphatic heterocycles. The van der Waals surface area contributed by atoms with Gasteiger partial charge in [-0.25, -0.2) is 4.98 Å². The number of nitrogens with one attached hydrogen (secondary N) is 1. The maximum atomic E-state index is 14.5. The Labute approximate surface area is 217 Å². The van der Waals surface area contributed by atoms with Crippen molar-refractivity contribution in [3.8, 4) is 5.75 Å². The van der Waals surface area contributed by atoms with Crippen LogP contribution in [0.1, 0.15) is 47.2 Å². The molecule has 6 rings (SSSR count). The van der Waals surface area contributed by atoms with Gasteiger partial charge in [-0.2, -0.15) is 0 Å². The third-order valence-electron chi connectivity index (χ3n) is 8.37. The Hall–Kier alpha value is -3.65. The first-order chi connectivity index (χ1) is 17.9. The second-order valence-corrected chi connectivity index (χ2v) is 10.4. The molecule has 8 heteroatoms. The predicted octanol–water partition coefficient (Wildman–Crippen LogP) is 3.17. The number of ether oxygens (including phenoxy) is 1. The molecule has 2 aromatic carbocycles. The first-order valence-corrected chi connectivity index (χ1v) is 13.0. The third-order valence-corrected chi connectivity index (χ3v) is 8.37. The molecule has 1 N–H and O–H groups in total. The second-order valence-electron chi connectivity index (χ2n) is 10.4. The zero-order chi connectivity index (χ0) is 25.7. The van der Waals surface area contributed by atoms with E-state index in [0.717, 1.165) is 46.3 Å². The van der Waals surface area contributed by atoms with Gasteiger partial charge in [0.1, 0.15) is 18.1 Å². The number of carbonyl (C=O) groups excluding carboxylic acids is 2. The van der Waals surface area contributed by atoms with Gasteiger partial charge in [0.15, 0.2) is 0 Å². The number of amides is 2.